The molecule has 0 aliphatic heterocycles. The summed E-state index contributed by atoms with van der Waals surface area (Å²) in [6, 6.07) is 7.46. The van der Waals surface area contributed by atoms with Crippen LogP contribution in [-0.4, -0.2) is 31.0 Å². The number of hydrogen-bond donors (Lipinski definition) is 0. The predicted molar refractivity (Wildman–Crippen MR) is 73.5 cm³/mol. The van der Waals surface area contributed by atoms with Gasteiger partial charge in [0.25, 0.3) is 5.91 Å². The summed E-state index contributed by atoms with van der Waals surface area (Å²) in [5.41, 5.74) is 1.65. The third kappa shape index (κ3) is 3.86. The maximum atomic E-state index is 12.3. The molecule has 0 aliphatic carbocycles. The SMILES string of the molecule is C=CCN(CC=C)C(=O)c1cccc(COC)c1. The van der Waals surface area contributed by atoms with E-state index in [1.54, 1.807) is 30.2 Å². The van der Waals surface area contributed by atoms with Gasteiger partial charge in [-0.2, -0.15) is 0 Å². The van der Waals surface area contributed by atoms with Crippen LogP contribution in [-0.2, 0) is 11.3 Å². The first-order valence-electron chi connectivity index (χ1n) is 5.82. The molecule has 3 heteroatoms. The normalized spacial score (nSPS) is 9.83. The second-order valence-electron chi connectivity index (χ2n) is 3.92. The third-order valence-electron chi connectivity index (χ3n) is 2.47. The van der Waals surface area contributed by atoms with Crippen LogP contribution in [0.2, 0.25) is 0 Å². The van der Waals surface area contributed by atoms with Crippen LogP contribution in [0.25, 0.3) is 0 Å². The number of amides is 1. The molecular formula is C15H19NO2. The molecule has 1 amide bonds. The van der Waals surface area contributed by atoms with Crippen LogP contribution in [0.4, 0.5) is 0 Å². The summed E-state index contributed by atoms with van der Waals surface area (Å²) in [6.45, 7) is 8.85. The summed E-state index contributed by atoms with van der Waals surface area (Å²) in [5, 5.41) is 0. The molecular weight excluding hydrogens is 226 g/mol. The minimum atomic E-state index is -0.0206. The Kier molecular flexibility index (Phi) is 5.88. The lowest BCUT2D eigenvalue weighted by Gasteiger charge is -2.19. The summed E-state index contributed by atoms with van der Waals surface area (Å²) >= 11 is 0. The van der Waals surface area contributed by atoms with Gasteiger partial charge in [-0.3, -0.25) is 4.79 Å². The van der Waals surface area contributed by atoms with Crippen molar-refractivity contribution in [1.29, 1.82) is 0 Å². The quantitative estimate of drug-likeness (QED) is 0.691. The van der Waals surface area contributed by atoms with Crippen molar-refractivity contribution in [3.05, 3.63) is 60.7 Å². The number of carbonyl (C=O) groups is 1. The van der Waals surface area contributed by atoms with E-state index in [1.807, 2.05) is 18.2 Å². The second kappa shape index (κ2) is 7.45. The van der Waals surface area contributed by atoms with E-state index in [1.165, 1.54) is 0 Å². The molecule has 0 N–H and O–H groups in total. The molecule has 0 bridgehead atoms. The highest BCUT2D eigenvalue weighted by Crippen LogP contribution is 2.09. The number of rotatable bonds is 7. The Morgan fingerprint density at radius 1 is 1.33 bits per heavy atom. The fraction of sp³-hybridized carbons (Fsp3) is 0.267. The first-order chi connectivity index (χ1) is 8.72. The highest BCUT2D eigenvalue weighted by Gasteiger charge is 2.13. The molecule has 0 aliphatic rings. The molecule has 3 nitrogen and oxygen atoms in total. The van der Waals surface area contributed by atoms with Gasteiger partial charge in [0.05, 0.1) is 6.61 Å². The Labute approximate surface area is 108 Å². The van der Waals surface area contributed by atoms with Gasteiger partial charge in [-0.25, -0.2) is 0 Å². The third-order valence-corrected chi connectivity index (χ3v) is 2.47. The Morgan fingerprint density at radius 3 is 2.56 bits per heavy atom. The maximum Gasteiger partial charge on any atom is 0.254 e. The molecule has 96 valence electrons. The van der Waals surface area contributed by atoms with Crippen molar-refractivity contribution in [1.82, 2.24) is 4.90 Å². The Morgan fingerprint density at radius 2 is 2.00 bits per heavy atom. The van der Waals surface area contributed by atoms with Crippen LogP contribution in [0.3, 0.4) is 0 Å². The zero-order chi connectivity index (χ0) is 13.4. The van der Waals surface area contributed by atoms with E-state index < -0.39 is 0 Å². The summed E-state index contributed by atoms with van der Waals surface area (Å²) in [4.78, 5) is 14.0. The molecule has 0 fully saturated rings. The van der Waals surface area contributed by atoms with E-state index in [0.717, 1.165) is 5.56 Å². The topological polar surface area (TPSA) is 29.5 Å². The first-order valence-corrected chi connectivity index (χ1v) is 5.82. The minimum Gasteiger partial charge on any atom is -0.380 e. The van der Waals surface area contributed by atoms with Crippen LogP contribution in [0, 0.1) is 0 Å². The number of methoxy groups -OCH3 is 1. The van der Waals surface area contributed by atoms with Gasteiger partial charge in [0, 0.05) is 25.8 Å². The highest BCUT2D eigenvalue weighted by atomic mass is 16.5. The monoisotopic (exact) mass is 245 g/mol. The van der Waals surface area contributed by atoms with E-state index in [-0.39, 0.29) is 5.91 Å². The average molecular weight is 245 g/mol. The summed E-state index contributed by atoms with van der Waals surface area (Å²) in [6.07, 6.45) is 3.42. The first kappa shape index (κ1) is 14.2. The van der Waals surface area contributed by atoms with Gasteiger partial charge in [0.2, 0.25) is 0 Å². The standard InChI is InChI=1S/C15H19NO2/c1-4-9-16(10-5-2)15(17)14-8-6-7-13(11-14)12-18-3/h4-8,11H,1-2,9-10,12H2,3H3. The van der Waals surface area contributed by atoms with E-state index in [4.69, 9.17) is 4.74 Å². The summed E-state index contributed by atoms with van der Waals surface area (Å²) < 4.78 is 5.06. The Bertz CT molecular complexity index is 416. The van der Waals surface area contributed by atoms with Crippen molar-refractivity contribution >= 4 is 5.91 Å². The second-order valence-corrected chi connectivity index (χ2v) is 3.92. The number of benzene rings is 1. The molecule has 0 spiro atoms. The van der Waals surface area contributed by atoms with Crippen LogP contribution >= 0.6 is 0 Å². The largest absolute Gasteiger partial charge is 0.380 e. The number of nitrogens with zero attached hydrogens (tertiary/aromatic N) is 1. The van der Waals surface area contributed by atoms with Crippen LogP contribution in [0.15, 0.2) is 49.6 Å². The lowest BCUT2D eigenvalue weighted by Crippen LogP contribution is -2.31. The van der Waals surface area contributed by atoms with Crippen molar-refractivity contribution in [2.24, 2.45) is 0 Å². The molecule has 0 unspecified atom stereocenters. The van der Waals surface area contributed by atoms with E-state index >= 15 is 0 Å². The molecule has 1 rings (SSSR count). The minimum absolute atomic E-state index is 0.0206. The van der Waals surface area contributed by atoms with Crippen molar-refractivity contribution in [3.8, 4) is 0 Å². The zero-order valence-corrected chi connectivity index (χ0v) is 10.8. The summed E-state index contributed by atoms with van der Waals surface area (Å²) in [7, 11) is 1.64. The Hall–Kier alpha value is -1.87. The van der Waals surface area contributed by atoms with Gasteiger partial charge in [0.1, 0.15) is 0 Å². The van der Waals surface area contributed by atoms with E-state index in [9.17, 15) is 4.79 Å². The molecule has 0 heterocycles. The maximum absolute atomic E-state index is 12.3. The lowest BCUT2D eigenvalue weighted by atomic mass is 10.1. The van der Waals surface area contributed by atoms with E-state index in [2.05, 4.69) is 13.2 Å². The van der Waals surface area contributed by atoms with Crippen molar-refractivity contribution in [2.45, 2.75) is 6.61 Å². The smallest absolute Gasteiger partial charge is 0.254 e. The number of carbonyl (C=O) groups excluding carboxylic acids is 1. The predicted octanol–water partition coefficient (Wildman–Crippen LogP) is 2.65. The number of ether oxygens (including phenoxy) is 1. The van der Waals surface area contributed by atoms with Gasteiger partial charge < -0.3 is 9.64 Å². The molecule has 0 saturated heterocycles. The van der Waals surface area contributed by atoms with Gasteiger partial charge in [-0.15, -0.1) is 13.2 Å². The molecule has 0 aromatic heterocycles. The van der Waals surface area contributed by atoms with Gasteiger partial charge in [0.15, 0.2) is 0 Å². The van der Waals surface area contributed by atoms with Gasteiger partial charge in [-0.05, 0) is 17.7 Å². The molecule has 1 aromatic carbocycles. The van der Waals surface area contributed by atoms with E-state index in [0.29, 0.717) is 25.3 Å². The van der Waals surface area contributed by atoms with Crippen molar-refractivity contribution in [3.63, 3.8) is 0 Å². The van der Waals surface area contributed by atoms with Gasteiger partial charge >= 0.3 is 0 Å². The summed E-state index contributed by atoms with van der Waals surface area (Å²) in [5.74, 6) is -0.0206. The molecule has 0 saturated carbocycles. The van der Waals surface area contributed by atoms with Crippen LogP contribution < -0.4 is 0 Å². The highest BCUT2D eigenvalue weighted by molar-refractivity contribution is 5.94. The van der Waals surface area contributed by atoms with Crippen molar-refractivity contribution < 1.29 is 9.53 Å². The fourth-order valence-corrected chi connectivity index (χ4v) is 1.70. The lowest BCUT2D eigenvalue weighted by molar-refractivity contribution is 0.0790. The molecule has 0 radical (unpaired) electrons. The molecule has 0 atom stereocenters. The van der Waals surface area contributed by atoms with Gasteiger partial charge in [-0.1, -0.05) is 24.3 Å². The van der Waals surface area contributed by atoms with Crippen LogP contribution in [0.5, 0.6) is 0 Å². The average Bonchev–Trinajstić information content (AvgIpc) is 2.38. The van der Waals surface area contributed by atoms with Crippen LogP contribution in [0.1, 0.15) is 15.9 Å². The zero-order valence-electron chi connectivity index (χ0n) is 10.8. The van der Waals surface area contributed by atoms with Crippen molar-refractivity contribution in [2.75, 3.05) is 20.2 Å². The number of hydrogen-bond acceptors (Lipinski definition) is 2. The fourth-order valence-electron chi connectivity index (χ4n) is 1.70. The molecule has 1 aromatic rings. The Balaban J connectivity index is 2.89. The molecule has 18 heavy (non-hydrogen) atoms.